The van der Waals surface area contributed by atoms with Gasteiger partial charge in [0.1, 0.15) is 0 Å². The van der Waals surface area contributed by atoms with Crippen LogP contribution in [-0.4, -0.2) is 115 Å². The number of piperidine rings is 2. The minimum absolute atomic E-state index is 0.0338. The lowest BCUT2D eigenvalue weighted by molar-refractivity contribution is -0.128. The van der Waals surface area contributed by atoms with Crippen molar-refractivity contribution in [3.63, 3.8) is 0 Å². The molecule has 2 fully saturated rings. The van der Waals surface area contributed by atoms with Gasteiger partial charge in [-0.25, -0.2) is 0 Å². The molecule has 0 bridgehead atoms. The monoisotopic (exact) mass is 765 g/mol. The molecule has 11 heteroatoms. The van der Waals surface area contributed by atoms with E-state index in [9.17, 15) is 9.59 Å². The van der Waals surface area contributed by atoms with E-state index in [1.807, 2.05) is 70.5 Å². The Morgan fingerprint density at radius 1 is 0.571 bits per heavy atom. The molecule has 0 atom stereocenters. The normalized spacial score (nSPS) is 15.6. The molecule has 0 spiro atoms. The zero-order chi connectivity index (χ0) is 39.8. The Morgan fingerprint density at radius 3 is 1.29 bits per heavy atom. The van der Waals surface area contributed by atoms with Crippen LogP contribution in [0.5, 0.6) is 34.5 Å². The molecule has 2 aliphatic heterocycles. The van der Waals surface area contributed by atoms with Gasteiger partial charge in [-0.3, -0.25) is 9.59 Å². The van der Waals surface area contributed by atoms with Crippen LogP contribution in [0, 0.1) is 11.8 Å². The number of benzene rings is 4. The van der Waals surface area contributed by atoms with Crippen molar-refractivity contribution >= 4 is 45.5 Å². The number of carbonyl (C=O) groups is 2. The minimum Gasteiger partial charge on any atom is -0.493 e. The molecule has 298 valence electrons. The van der Waals surface area contributed by atoms with Crippen LogP contribution in [-0.2, 0) is 9.59 Å². The molecule has 4 aromatic carbocycles. The third-order valence-corrected chi connectivity index (χ3v) is 11.2. The van der Waals surface area contributed by atoms with Crippen molar-refractivity contribution in [2.24, 2.45) is 11.8 Å². The molecule has 2 saturated heterocycles. The van der Waals surface area contributed by atoms with Crippen molar-refractivity contribution in [2.45, 2.75) is 25.7 Å². The molecule has 0 aromatic heterocycles. The first-order valence-electron chi connectivity index (χ1n) is 19.3. The summed E-state index contributed by atoms with van der Waals surface area (Å²) < 4.78 is 33.4. The number of carbonyl (C=O) groups excluding carboxylic acids is 2. The van der Waals surface area contributed by atoms with Gasteiger partial charge in [-0.05, 0) is 103 Å². The third kappa shape index (κ3) is 8.99. The predicted octanol–water partition coefficient (Wildman–Crippen LogP) is 7.18. The highest BCUT2D eigenvalue weighted by Gasteiger charge is 2.26. The maximum Gasteiger partial charge on any atom is 0.246 e. The quantitative estimate of drug-likeness (QED) is 0.124. The molecule has 11 nitrogen and oxygen atoms in total. The molecule has 0 saturated carbocycles. The molecular formula is C45H55N3O8. The number of nitrogens with zero attached hydrogens (tertiary/aromatic N) is 3. The molecule has 2 heterocycles. The van der Waals surface area contributed by atoms with E-state index in [4.69, 9.17) is 28.4 Å². The topological polar surface area (TPSA) is 99.2 Å². The summed E-state index contributed by atoms with van der Waals surface area (Å²) >= 11 is 0. The van der Waals surface area contributed by atoms with E-state index < -0.39 is 0 Å². The van der Waals surface area contributed by atoms with Gasteiger partial charge in [0.15, 0.2) is 23.0 Å². The summed E-state index contributed by atoms with van der Waals surface area (Å²) in [4.78, 5) is 32.7. The van der Waals surface area contributed by atoms with Gasteiger partial charge in [0, 0.05) is 62.2 Å². The lowest BCUT2D eigenvalue weighted by Gasteiger charge is -2.36. The Morgan fingerprint density at radius 2 is 0.946 bits per heavy atom. The summed E-state index contributed by atoms with van der Waals surface area (Å²) in [5.41, 5.74) is 1.82. The number of hydrogen-bond acceptors (Lipinski definition) is 9. The smallest absolute Gasteiger partial charge is 0.246 e. The van der Waals surface area contributed by atoms with Crippen molar-refractivity contribution in [2.75, 3.05) is 89.0 Å². The number of likely N-dealkylation sites (tertiary alicyclic amines) is 2. The van der Waals surface area contributed by atoms with E-state index in [0.717, 1.165) is 97.6 Å². The van der Waals surface area contributed by atoms with Gasteiger partial charge >= 0.3 is 0 Å². The van der Waals surface area contributed by atoms with Crippen molar-refractivity contribution in [3.05, 3.63) is 71.8 Å². The first-order valence-corrected chi connectivity index (χ1v) is 19.3. The van der Waals surface area contributed by atoms with Crippen LogP contribution in [0.4, 0.5) is 0 Å². The second-order valence-electron chi connectivity index (χ2n) is 14.7. The third-order valence-electron chi connectivity index (χ3n) is 11.2. The molecule has 6 rings (SSSR count). The van der Waals surface area contributed by atoms with Crippen LogP contribution >= 0.6 is 0 Å². The van der Waals surface area contributed by atoms with Crippen LogP contribution < -0.4 is 28.4 Å². The van der Waals surface area contributed by atoms with E-state index >= 15 is 0 Å². The predicted molar refractivity (Wildman–Crippen MR) is 221 cm³/mol. The van der Waals surface area contributed by atoms with Crippen molar-refractivity contribution in [1.82, 2.24) is 14.7 Å². The summed E-state index contributed by atoms with van der Waals surface area (Å²) in [5, 5.41) is 3.70. The Bertz CT molecular complexity index is 1930. The van der Waals surface area contributed by atoms with Crippen LogP contribution in [0.2, 0.25) is 0 Å². The van der Waals surface area contributed by atoms with Crippen molar-refractivity contribution in [3.8, 4) is 34.5 Å². The Labute approximate surface area is 330 Å². The molecule has 0 aliphatic carbocycles. The number of ether oxygens (including phenoxy) is 6. The molecule has 2 amide bonds. The highest BCUT2D eigenvalue weighted by molar-refractivity contribution is 5.98. The first kappa shape index (κ1) is 40.2. The second-order valence-corrected chi connectivity index (χ2v) is 14.7. The highest BCUT2D eigenvalue weighted by atomic mass is 16.5. The van der Waals surface area contributed by atoms with Gasteiger partial charge in [-0.1, -0.05) is 24.3 Å². The van der Waals surface area contributed by atoms with Crippen LogP contribution in [0.15, 0.2) is 60.7 Å². The zero-order valence-corrected chi connectivity index (χ0v) is 33.8. The molecule has 0 unspecified atom stereocenters. The van der Waals surface area contributed by atoms with E-state index in [2.05, 4.69) is 11.9 Å². The molecular weight excluding hydrogens is 711 g/mol. The lowest BCUT2D eigenvalue weighted by Crippen LogP contribution is -2.43. The maximum absolute atomic E-state index is 13.2. The van der Waals surface area contributed by atoms with Crippen molar-refractivity contribution < 1.29 is 38.0 Å². The number of methoxy groups -OCH3 is 6. The maximum atomic E-state index is 13.2. The fourth-order valence-electron chi connectivity index (χ4n) is 8.15. The van der Waals surface area contributed by atoms with Gasteiger partial charge in [-0.15, -0.1) is 0 Å². The van der Waals surface area contributed by atoms with Crippen LogP contribution in [0.25, 0.3) is 33.7 Å². The summed E-state index contributed by atoms with van der Waals surface area (Å²) in [5.74, 6) is 4.67. The summed E-state index contributed by atoms with van der Waals surface area (Å²) in [7, 11) is 11.8. The van der Waals surface area contributed by atoms with E-state index in [1.165, 1.54) is 0 Å². The van der Waals surface area contributed by atoms with E-state index in [-0.39, 0.29) is 11.8 Å². The van der Waals surface area contributed by atoms with Gasteiger partial charge in [-0.2, -0.15) is 0 Å². The molecule has 56 heavy (non-hydrogen) atoms. The molecule has 0 radical (unpaired) electrons. The van der Waals surface area contributed by atoms with Crippen LogP contribution in [0.3, 0.4) is 0 Å². The molecule has 2 aliphatic rings. The lowest BCUT2D eigenvalue weighted by atomic mass is 9.93. The standard InChI is InChI=1S/C45H55N3O8/c1-46(28-32-16-20-47(21-17-32)40(49)14-10-30-8-12-34-26-38(51-2)44(55-6)42(53-4)36(34)24-30)29-33-18-22-48(23-19-33)41(50)15-11-31-9-13-35-27-39(52-3)45(56-7)43(54-5)37(35)25-31/h8-15,24-27,32-33H,16-23,28-29H2,1-7H3/b14-10-,15-11+. The van der Waals surface area contributed by atoms with Gasteiger partial charge in [0.05, 0.1) is 42.7 Å². The average Bonchev–Trinajstić information content (AvgIpc) is 3.23. The zero-order valence-electron chi connectivity index (χ0n) is 33.8. The minimum atomic E-state index is 0.0338. The van der Waals surface area contributed by atoms with Gasteiger partial charge in [0.2, 0.25) is 23.3 Å². The SMILES string of the molecule is COc1cc2ccc(/C=C\C(=O)N3CCC(CN(C)CC4CCN(C(=O)/C=C/c5ccc6cc(OC)c(OC)c(OC)c6c5)CC4)CC3)cc2c(OC)c1OC. The second kappa shape index (κ2) is 18.5. The molecule has 4 aromatic rings. The Hall–Kier alpha value is -5.42. The van der Waals surface area contributed by atoms with Crippen molar-refractivity contribution in [1.29, 1.82) is 0 Å². The summed E-state index contributed by atoms with van der Waals surface area (Å²) in [6.45, 7) is 5.06. The fraction of sp³-hybridized carbons (Fsp3) is 0.422. The Balaban J connectivity index is 0.940. The summed E-state index contributed by atoms with van der Waals surface area (Å²) in [6.07, 6.45) is 11.0. The van der Waals surface area contributed by atoms with Gasteiger partial charge < -0.3 is 43.1 Å². The number of hydrogen-bond donors (Lipinski definition) is 0. The van der Waals surface area contributed by atoms with E-state index in [0.29, 0.717) is 46.3 Å². The fourth-order valence-corrected chi connectivity index (χ4v) is 8.15. The summed E-state index contributed by atoms with van der Waals surface area (Å²) in [6, 6.07) is 15.8. The number of amides is 2. The highest BCUT2D eigenvalue weighted by Crippen LogP contribution is 2.45. The first-order chi connectivity index (χ1) is 27.2. The number of rotatable bonds is 14. The van der Waals surface area contributed by atoms with Gasteiger partial charge in [0.25, 0.3) is 0 Å². The largest absolute Gasteiger partial charge is 0.493 e. The average molecular weight is 766 g/mol. The molecule has 0 N–H and O–H groups in total. The number of fused-ring (bicyclic) bond motifs is 2. The Kier molecular flexibility index (Phi) is 13.3. The van der Waals surface area contributed by atoms with E-state index in [1.54, 1.807) is 54.8 Å². The van der Waals surface area contributed by atoms with Crippen LogP contribution in [0.1, 0.15) is 36.8 Å².